The van der Waals surface area contributed by atoms with Gasteiger partial charge >= 0.3 is 18.3 Å². The van der Waals surface area contributed by atoms with Crippen LogP contribution in [-0.4, -0.2) is 126 Å². The molecule has 0 spiro atoms. The molecule has 3 amide bonds. The number of halogens is 1. The van der Waals surface area contributed by atoms with Gasteiger partial charge in [-0.1, -0.05) is 13.5 Å². The molecule has 0 unspecified atom stereocenters. The molecule has 22 heteroatoms. The lowest BCUT2D eigenvalue weighted by atomic mass is 9.86. The third-order valence-corrected chi connectivity index (χ3v) is 11.1. The number of carbonyl (C=O) groups excluding carboxylic acids is 3. The topological polar surface area (TPSA) is 264 Å². The first-order valence-corrected chi connectivity index (χ1v) is 22.3. The van der Waals surface area contributed by atoms with E-state index in [9.17, 15) is 14.4 Å². The Labute approximate surface area is 411 Å². The lowest BCUT2D eigenvalue weighted by Crippen LogP contribution is -2.52. The highest BCUT2D eigenvalue weighted by atomic mass is 35.5. The molecule has 0 atom stereocenters. The van der Waals surface area contributed by atoms with Crippen LogP contribution in [0, 0.1) is 0 Å². The fraction of sp³-hybridized carbons (Fsp3) is 0.596. The van der Waals surface area contributed by atoms with Crippen molar-refractivity contribution in [1.29, 1.82) is 0 Å². The van der Waals surface area contributed by atoms with Crippen molar-refractivity contribution in [3.05, 3.63) is 60.6 Å². The molecular weight excluding hydrogens is 914 g/mol. The van der Waals surface area contributed by atoms with Crippen LogP contribution >= 0.6 is 12.4 Å². The molecule has 0 bridgehead atoms. The van der Waals surface area contributed by atoms with Crippen LogP contribution in [0.3, 0.4) is 0 Å². The molecule has 4 aromatic heterocycles. The van der Waals surface area contributed by atoms with E-state index in [1.54, 1.807) is 31.8 Å². The molecule has 1 aliphatic heterocycles. The highest BCUT2D eigenvalue weighted by Gasteiger charge is 2.40. The average molecular weight is 989 g/mol. The van der Waals surface area contributed by atoms with Crippen LogP contribution in [0.25, 0.3) is 11.2 Å². The maximum atomic E-state index is 11.8. The highest BCUT2D eigenvalue weighted by Crippen LogP contribution is 2.38. The number of aromatic nitrogens is 5. The van der Waals surface area contributed by atoms with Gasteiger partial charge in [-0.3, -0.25) is 14.3 Å². The van der Waals surface area contributed by atoms with Crippen molar-refractivity contribution in [2.24, 2.45) is 5.73 Å². The number of fused-ring (bicyclic) bond motifs is 2. The summed E-state index contributed by atoms with van der Waals surface area (Å²) in [6, 6.07) is 13.1. The molecule has 3 aliphatic carbocycles. The number of carbonyl (C=O) groups is 3. The first kappa shape index (κ1) is 57.7. The van der Waals surface area contributed by atoms with E-state index in [-0.39, 0.29) is 74.2 Å². The van der Waals surface area contributed by atoms with Crippen molar-refractivity contribution >= 4 is 59.0 Å². The summed E-state index contributed by atoms with van der Waals surface area (Å²) < 4.78 is 36.7. The Kier molecular flexibility index (Phi) is 21.2. The molecular formula is C47H74ClN11O10. The molecule has 5 heterocycles. The van der Waals surface area contributed by atoms with Crippen molar-refractivity contribution in [2.75, 3.05) is 51.5 Å². The SMILES string of the molecule is C.CC(C)(C)OC(=O)NC1CC(Nc2ncccc2N)C1.COC(OC)(OC)OC.COc1nc2cccnc2n1C1CC(NC(=O)OC(C)(C)C)C1.Cl.NC1CC(N2C(=O)Cc3cccnc32)C1. The van der Waals surface area contributed by atoms with E-state index in [0.717, 1.165) is 61.1 Å². The maximum Gasteiger partial charge on any atom is 0.411 e. The van der Waals surface area contributed by atoms with Gasteiger partial charge in [-0.25, -0.2) is 24.5 Å². The number of amides is 3. The van der Waals surface area contributed by atoms with Gasteiger partial charge in [0.1, 0.15) is 28.4 Å². The number of anilines is 3. The Morgan fingerprint density at radius 1 is 0.710 bits per heavy atom. The number of rotatable bonds is 11. The molecule has 7 N–H and O–H groups in total. The van der Waals surface area contributed by atoms with E-state index in [1.807, 2.05) is 81.3 Å². The molecule has 69 heavy (non-hydrogen) atoms. The normalized spacial score (nSPS) is 21.1. The molecule has 3 saturated carbocycles. The van der Waals surface area contributed by atoms with Crippen molar-refractivity contribution in [1.82, 2.24) is 35.1 Å². The molecule has 4 aliphatic rings. The standard InChI is InChI=1S/C16H22N4O3.C14H22N4O2.C11H13N3O.C5H12O4.CH4.ClH/c1-16(2,3)23-15(21)18-10-8-11(9-10)20-13-12(6-5-7-17-13)19-14(20)22-4;1-14(2,3)20-13(19)18-10-7-9(8-10)17-12-11(15)5-4-6-16-12;12-8-5-9(6-8)14-10(15)4-7-2-1-3-13-11(7)14;1-6-5(7-2,8-3)9-4;;/h5-7,10-11H,8-9H2,1-4H3,(H,18,21);4-6,9-10H,7-8,15H2,1-3H3,(H,16,17)(H,18,19);1-3,8-9H,4-6,12H2;1-4H3;1H4;1H. The van der Waals surface area contributed by atoms with E-state index in [0.29, 0.717) is 23.9 Å². The van der Waals surface area contributed by atoms with Crippen LogP contribution in [0.5, 0.6) is 6.01 Å². The fourth-order valence-electron chi connectivity index (χ4n) is 7.70. The molecule has 0 radical (unpaired) electrons. The number of ether oxygens (including phenoxy) is 7. The van der Waals surface area contributed by atoms with Crippen molar-refractivity contribution < 1.29 is 47.5 Å². The van der Waals surface area contributed by atoms with Gasteiger partial charge in [0.25, 0.3) is 6.01 Å². The predicted octanol–water partition coefficient (Wildman–Crippen LogP) is 6.50. The van der Waals surface area contributed by atoms with Crippen LogP contribution in [0.4, 0.5) is 26.9 Å². The minimum atomic E-state index is -1.33. The minimum Gasteiger partial charge on any atom is -0.468 e. The van der Waals surface area contributed by atoms with Gasteiger partial charge in [0.05, 0.1) is 19.2 Å². The molecule has 4 aromatic rings. The zero-order valence-corrected chi connectivity index (χ0v) is 41.8. The number of methoxy groups -OCH3 is 5. The van der Waals surface area contributed by atoms with E-state index in [1.165, 1.54) is 28.4 Å². The van der Waals surface area contributed by atoms with Crippen LogP contribution in [0.2, 0.25) is 0 Å². The Bertz CT molecular complexity index is 2230. The van der Waals surface area contributed by atoms with Gasteiger partial charge in [-0.15, -0.1) is 12.4 Å². The van der Waals surface area contributed by atoms with Crippen LogP contribution < -0.4 is 37.1 Å². The first-order chi connectivity index (χ1) is 31.7. The number of hydrogen-bond acceptors (Lipinski definition) is 17. The van der Waals surface area contributed by atoms with E-state index in [2.05, 4.69) is 35.9 Å². The molecule has 0 saturated heterocycles. The van der Waals surface area contributed by atoms with Crippen molar-refractivity contribution in [2.45, 2.75) is 148 Å². The Morgan fingerprint density at radius 2 is 1.23 bits per heavy atom. The predicted molar refractivity (Wildman–Crippen MR) is 265 cm³/mol. The summed E-state index contributed by atoms with van der Waals surface area (Å²) in [7, 11) is 7.31. The maximum absolute atomic E-state index is 11.8. The molecule has 3 fully saturated rings. The molecule has 21 nitrogen and oxygen atoms in total. The van der Waals surface area contributed by atoms with Gasteiger partial charge in [-0.05, 0) is 110 Å². The summed E-state index contributed by atoms with van der Waals surface area (Å²) in [5, 5.41) is 9.01. The largest absolute Gasteiger partial charge is 0.468 e. The van der Waals surface area contributed by atoms with Gasteiger partial charge in [-0.2, -0.15) is 4.98 Å². The second kappa shape index (κ2) is 25.3. The van der Waals surface area contributed by atoms with Crippen molar-refractivity contribution in [3.63, 3.8) is 0 Å². The zero-order chi connectivity index (χ0) is 49.1. The first-order valence-electron chi connectivity index (χ1n) is 22.3. The number of alkyl carbamates (subject to hydrolysis) is 2. The lowest BCUT2D eigenvalue weighted by Gasteiger charge is -2.38. The number of nitrogens with one attached hydrogen (secondary N) is 3. The van der Waals surface area contributed by atoms with Gasteiger partial charge in [0.15, 0.2) is 5.65 Å². The second-order valence-electron chi connectivity index (χ2n) is 18.5. The van der Waals surface area contributed by atoms with Crippen LogP contribution in [-0.2, 0) is 39.6 Å². The van der Waals surface area contributed by atoms with E-state index in [4.69, 9.17) is 44.6 Å². The van der Waals surface area contributed by atoms with Crippen LogP contribution in [0.15, 0.2) is 55.0 Å². The van der Waals surface area contributed by atoms with Crippen LogP contribution in [0.1, 0.15) is 99.1 Å². The molecule has 384 valence electrons. The Morgan fingerprint density at radius 3 is 1.74 bits per heavy atom. The number of nitrogens with two attached hydrogens (primary N) is 2. The minimum absolute atomic E-state index is 0. The number of hydrogen-bond donors (Lipinski definition) is 5. The summed E-state index contributed by atoms with van der Waals surface area (Å²) in [6.45, 7) is 11.1. The third-order valence-electron chi connectivity index (χ3n) is 11.1. The summed E-state index contributed by atoms with van der Waals surface area (Å²) >= 11 is 0. The molecule has 8 rings (SSSR count). The second-order valence-corrected chi connectivity index (χ2v) is 18.5. The Hall–Kier alpha value is -5.58. The zero-order valence-electron chi connectivity index (χ0n) is 40.9. The fourth-order valence-corrected chi connectivity index (χ4v) is 7.70. The van der Waals surface area contributed by atoms with Gasteiger partial charge in [0.2, 0.25) is 5.91 Å². The van der Waals surface area contributed by atoms with Crippen molar-refractivity contribution in [3.8, 4) is 6.01 Å². The lowest BCUT2D eigenvalue weighted by molar-refractivity contribution is -0.472. The summed E-state index contributed by atoms with van der Waals surface area (Å²) in [5.41, 5.74) is 13.9. The molecule has 0 aromatic carbocycles. The summed E-state index contributed by atoms with van der Waals surface area (Å²) in [4.78, 5) is 54.3. The quantitative estimate of drug-likeness (QED) is 0.100. The Balaban J connectivity index is 0.000000252. The van der Waals surface area contributed by atoms with Gasteiger partial charge in [0, 0.05) is 88.8 Å². The van der Waals surface area contributed by atoms with Gasteiger partial charge < -0.3 is 60.6 Å². The van der Waals surface area contributed by atoms with E-state index >= 15 is 0 Å². The number of nitrogens with zero attached hydrogens (tertiary/aromatic N) is 6. The number of imidazole rings is 1. The number of nitrogen functional groups attached to an aromatic ring is 1. The summed E-state index contributed by atoms with van der Waals surface area (Å²) in [6.07, 6.45) is 8.71. The van der Waals surface area contributed by atoms with E-state index < -0.39 is 17.4 Å². The average Bonchev–Trinajstić information content (AvgIpc) is 3.77. The third kappa shape index (κ3) is 16.0. The smallest absolute Gasteiger partial charge is 0.411 e. The number of pyridine rings is 3. The summed E-state index contributed by atoms with van der Waals surface area (Å²) in [5.74, 6) is 1.72. The monoisotopic (exact) mass is 988 g/mol. The highest BCUT2D eigenvalue weighted by molar-refractivity contribution is 6.00.